The molecule has 2 amide bonds. The maximum Gasteiger partial charge on any atom is 0.348 e. The van der Waals surface area contributed by atoms with Crippen molar-refractivity contribution < 1.29 is 19.1 Å². The van der Waals surface area contributed by atoms with Crippen molar-refractivity contribution >= 4 is 39.3 Å². The minimum atomic E-state index is -0.482. The zero-order valence-corrected chi connectivity index (χ0v) is 16.6. The standard InChI is InChI=1S/C20H17N3O5S/c1-3-28-20(27)15-11(2)14-16(29-15)21-10-22(19(14)26)8-9-23-17(24)12-6-4-5-7-13(12)18(23)25/h4-7,10H,3,8-9H2,1-2H3. The number of nitrogens with zero attached hydrogens (tertiary/aromatic N) is 3. The number of carbonyl (C=O) groups excluding carboxylic acids is 3. The third-order valence-electron chi connectivity index (χ3n) is 4.82. The van der Waals surface area contributed by atoms with Gasteiger partial charge in [0.05, 0.1) is 29.4 Å². The maximum absolute atomic E-state index is 12.9. The summed E-state index contributed by atoms with van der Waals surface area (Å²) in [5, 5.41) is 0.350. The molecule has 9 heteroatoms. The van der Waals surface area contributed by atoms with E-state index in [1.54, 1.807) is 38.1 Å². The van der Waals surface area contributed by atoms with Crippen LogP contribution in [0, 0.1) is 6.92 Å². The van der Waals surface area contributed by atoms with Crippen molar-refractivity contribution in [3.63, 3.8) is 0 Å². The van der Waals surface area contributed by atoms with Crippen LogP contribution in [-0.4, -0.2) is 45.4 Å². The topological polar surface area (TPSA) is 98.6 Å². The second-order valence-electron chi connectivity index (χ2n) is 6.51. The second kappa shape index (κ2) is 7.25. The van der Waals surface area contributed by atoms with Crippen LogP contribution in [0.1, 0.15) is 42.9 Å². The average Bonchev–Trinajstić information content (AvgIpc) is 3.18. The van der Waals surface area contributed by atoms with Gasteiger partial charge in [0.25, 0.3) is 17.4 Å². The Morgan fingerprint density at radius 1 is 1.10 bits per heavy atom. The van der Waals surface area contributed by atoms with Crippen molar-refractivity contribution in [2.75, 3.05) is 13.2 Å². The van der Waals surface area contributed by atoms with Crippen molar-refractivity contribution in [3.8, 4) is 0 Å². The van der Waals surface area contributed by atoms with Gasteiger partial charge in [-0.3, -0.25) is 23.9 Å². The monoisotopic (exact) mass is 411 g/mol. The van der Waals surface area contributed by atoms with Gasteiger partial charge in [0.1, 0.15) is 9.71 Å². The first-order valence-corrected chi connectivity index (χ1v) is 9.86. The molecule has 0 fully saturated rings. The highest BCUT2D eigenvalue weighted by Crippen LogP contribution is 2.27. The van der Waals surface area contributed by atoms with Crippen LogP contribution in [0.15, 0.2) is 35.4 Å². The Kier molecular flexibility index (Phi) is 4.75. The van der Waals surface area contributed by atoms with Gasteiger partial charge in [-0.05, 0) is 31.5 Å². The molecule has 0 spiro atoms. The molecule has 3 heterocycles. The van der Waals surface area contributed by atoms with E-state index in [4.69, 9.17) is 4.74 Å². The molecule has 2 aromatic heterocycles. The summed E-state index contributed by atoms with van der Waals surface area (Å²) >= 11 is 1.11. The lowest BCUT2D eigenvalue weighted by atomic mass is 10.1. The molecule has 1 aliphatic heterocycles. The number of ether oxygens (including phenoxy) is 1. The number of hydrogen-bond acceptors (Lipinski definition) is 7. The SMILES string of the molecule is CCOC(=O)c1sc2ncn(CCN3C(=O)c4ccccc4C3=O)c(=O)c2c1C. The van der Waals surface area contributed by atoms with Gasteiger partial charge in [-0.1, -0.05) is 12.1 Å². The van der Waals surface area contributed by atoms with Crippen LogP contribution in [0.25, 0.3) is 10.2 Å². The Hall–Kier alpha value is -3.33. The fourth-order valence-electron chi connectivity index (χ4n) is 3.36. The minimum Gasteiger partial charge on any atom is -0.462 e. The van der Waals surface area contributed by atoms with Gasteiger partial charge in [0, 0.05) is 13.1 Å². The normalized spacial score (nSPS) is 13.2. The summed E-state index contributed by atoms with van der Waals surface area (Å²) in [4.78, 5) is 56.2. The van der Waals surface area contributed by atoms with E-state index in [1.807, 2.05) is 0 Å². The molecular formula is C20H17N3O5S. The van der Waals surface area contributed by atoms with Crippen LogP contribution >= 0.6 is 11.3 Å². The zero-order valence-electron chi connectivity index (χ0n) is 15.8. The molecule has 0 saturated heterocycles. The molecule has 148 valence electrons. The number of hydrogen-bond donors (Lipinski definition) is 0. The third kappa shape index (κ3) is 3.03. The van der Waals surface area contributed by atoms with E-state index in [2.05, 4.69) is 4.98 Å². The van der Waals surface area contributed by atoms with E-state index >= 15 is 0 Å². The second-order valence-corrected chi connectivity index (χ2v) is 7.51. The van der Waals surface area contributed by atoms with E-state index in [-0.39, 0.29) is 37.1 Å². The fraction of sp³-hybridized carbons (Fsp3) is 0.250. The summed E-state index contributed by atoms with van der Waals surface area (Å²) in [5.41, 5.74) is 0.935. The molecule has 0 radical (unpaired) electrons. The van der Waals surface area contributed by atoms with Gasteiger partial charge >= 0.3 is 5.97 Å². The lowest BCUT2D eigenvalue weighted by Gasteiger charge is -2.14. The van der Waals surface area contributed by atoms with E-state index in [9.17, 15) is 19.2 Å². The van der Waals surface area contributed by atoms with Crippen LogP contribution in [-0.2, 0) is 11.3 Å². The Morgan fingerprint density at radius 3 is 2.38 bits per heavy atom. The van der Waals surface area contributed by atoms with Crippen LogP contribution in [0.4, 0.5) is 0 Å². The number of fused-ring (bicyclic) bond motifs is 2. The van der Waals surface area contributed by atoms with Gasteiger partial charge < -0.3 is 4.74 Å². The van der Waals surface area contributed by atoms with Crippen molar-refractivity contribution in [1.82, 2.24) is 14.5 Å². The largest absolute Gasteiger partial charge is 0.462 e. The predicted molar refractivity (Wildman–Crippen MR) is 106 cm³/mol. The Labute approximate surface area is 169 Å². The number of imide groups is 1. The van der Waals surface area contributed by atoms with Crippen molar-refractivity contribution in [2.24, 2.45) is 0 Å². The summed E-state index contributed by atoms with van der Waals surface area (Å²) in [6, 6.07) is 6.63. The average molecular weight is 411 g/mol. The maximum atomic E-state index is 12.9. The van der Waals surface area contributed by atoms with Gasteiger partial charge in [0.15, 0.2) is 0 Å². The van der Waals surface area contributed by atoms with Crippen molar-refractivity contribution in [2.45, 2.75) is 20.4 Å². The van der Waals surface area contributed by atoms with Crippen LogP contribution < -0.4 is 5.56 Å². The number of benzene rings is 1. The molecule has 8 nitrogen and oxygen atoms in total. The number of aromatic nitrogens is 2. The molecule has 0 atom stereocenters. The molecule has 0 aliphatic carbocycles. The summed E-state index contributed by atoms with van der Waals surface area (Å²) < 4.78 is 6.38. The van der Waals surface area contributed by atoms with Crippen molar-refractivity contribution in [3.05, 3.63) is 62.5 Å². The smallest absolute Gasteiger partial charge is 0.348 e. The van der Waals surface area contributed by atoms with Crippen LogP contribution in [0.5, 0.6) is 0 Å². The minimum absolute atomic E-state index is 0.0490. The lowest BCUT2D eigenvalue weighted by molar-refractivity contribution is 0.0530. The lowest BCUT2D eigenvalue weighted by Crippen LogP contribution is -2.35. The molecule has 0 unspecified atom stereocenters. The summed E-state index contributed by atoms with van der Waals surface area (Å²) in [7, 11) is 0. The first-order valence-electron chi connectivity index (χ1n) is 9.05. The molecule has 4 rings (SSSR count). The summed E-state index contributed by atoms with van der Waals surface area (Å²) in [6.07, 6.45) is 1.37. The number of amides is 2. The van der Waals surface area contributed by atoms with Gasteiger partial charge in [0.2, 0.25) is 0 Å². The Morgan fingerprint density at radius 2 is 1.76 bits per heavy atom. The van der Waals surface area contributed by atoms with Gasteiger partial charge in [-0.15, -0.1) is 11.3 Å². The first kappa shape index (κ1) is 19.0. The number of esters is 1. The highest BCUT2D eigenvalue weighted by molar-refractivity contribution is 7.20. The predicted octanol–water partition coefficient (Wildman–Crippen LogP) is 2.24. The number of aryl methyl sites for hydroxylation is 1. The quantitative estimate of drug-likeness (QED) is 0.472. The molecule has 3 aromatic rings. The highest BCUT2D eigenvalue weighted by Gasteiger charge is 2.34. The summed E-state index contributed by atoms with van der Waals surface area (Å²) in [6.45, 7) is 3.79. The van der Waals surface area contributed by atoms with E-state index in [1.165, 1.54) is 10.9 Å². The first-order chi connectivity index (χ1) is 13.9. The van der Waals surface area contributed by atoms with E-state index < -0.39 is 5.97 Å². The number of thiophene rings is 1. The van der Waals surface area contributed by atoms with Gasteiger partial charge in [-0.2, -0.15) is 0 Å². The molecule has 0 bridgehead atoms. The van der Waals surface area contributed by atoms with E-state index in [0.29, 0.717) is 31.8 Å². The molecule has 0 N–H and O–H groups in total. The number of rotatable bonds is 5. The van der Waals surface area contributed by atoms with E-state index in [0.717, 1.165) is 16.2 Å². The Balaban J connectivity index is 1.61. The molecule has 29 heavy (non-hydrogen) atoms. The molecule has 1 aliphatic rings. The number of carbonyl (C=O) groups is 3. The van der Waals surface area contributed by atoms with Gasteiger partial charge in [-0.25, -0.2) is 9.78 Å². The fourth-order valence-corrected chi connectivity index (χ4v) is 4.39. The molecular weight excluding hydrogens is 394 g/mol. The third-order valence-corrected chi connectivity index (χ3v) is 6.00. The highest BCUT2D eigenvalue weighted by atomic mass is 32.1. The molecule has 0 saturated carbocycles. The molecule has 1 aromatic carbocycles. The van der Waals surface area contributed by atoms with Crippen molar-refractivity contribution in [1.29, 1.82) is 0 Å². The Bertz CT molecular complexity index is 1190. The zero-order chi connectivity index (χ0) is 20.7. The van der Waals surface area contributed by atoms with Crippen LogP contribution in [0.3, 0.4) is 0 Å². The summed E-state index contributed by atoms with van der Waals surface area (Å²) in [5.74, 6) is -1.22. The van der Waals surface area contributed by atoms with Crippen LogP contribution in [0.2, 0.25) is 0 Å².